The lowest BCUT2D eigenvalue weighted by Crippen LogP contribution is -2.07. The van der Waals surface area contributed by atoms with Gasteiger partial charge in [0.2, 0.25) is 0 Å². The SMILES string of the molecule is Cc1ccc(C)c([C@H](C)N)c1O. The first-order valence-corrected chi connectivity index (χ1v) is 4.08. The van der Waals surface area contributed by atoms with E-state index in [4.69, 9.17) is 5.73 Å². The molecule has 12 heavy (non-hydrogen) atoms. The Balaban J connectivity index is 3.33. The Hall–Kier alpha value is -1.02. The van der Waals surface area contributed by atoms with Crippen molar-refractivity contribution in [3.8, 4) is 5.75 Å². The van der Waals surface area contributed by atoms with E-state index in [1.807, 2.05) is 32.9 Å². The highest BCUT2D eigenvalue weighted by Gasteiger charge is 2.10. The minimum absolute atomic E-state index is 0.107. The molecular weight excluding hydrogens is 150 g/mol. The first-order valence-electron chi connectivity index (χ1n) is 4.08. The number of benzene rings is 1. The number of phenols is 1. The molecule has 0 unspecified atom stereocenters. The van der Waals surface area contributed by atoms with E-state index in [2.05, 4.69) is 0 Å². The van der Waals surface area contributed by atoms with Crippen LogP contribution in [0.5, 0.6) is 5.75 Å². The molecule has 2 heteroatoms. The van der Waals surface area contributed by atoms with Crippen LogP contribution in [0.1, 0.15) is 29.7 Å². The van der Waals surface area contributed by atoms with Gasteiger partial charge in [-0.25, -0.2) is 0 Å². The van der Waals surface area contributed by atoms with Crippen LogP contribution in [-0.4, -0.2) is 5.11 Å². The van der Waals surface area contributed by atoms with Crippen LogP contribution in [0.15, 0.2) is 12.1 Å². The van der Waals surface area contributed by atoms with Gasteiger partial charge in [-0.05, 0) is 31.9 Å². The summed E-state index contributed by atoms with van der Waals surface area (Å²) in [4.78, 5) is 0. The van der Waals surface area contributed by atoms with Gasteiger partial charge >= 0.3 is 0 Å². The van der Waals surface area contributed by atoms with Crippen molar-refractivity contribution in [3.63, 3.8) is 0 Å². The molecule has 0 saturated carbocycles. The second-order valence-corrected chi connectivity index (χ2v) is 3.25. The van der Waals surface area contributed by atoms with Gasteiger partial charge in [0.15, 0.2) is 0 Å². The Morgan fingerprint density at radius 1 is 1.25 bits per heavy atom. The summed E-state index contributed by atoms with van der Waals surface area (Å²) in [6.07, 6.45) is 0. The molecule has 0 amide bonds. The van der Waals surface area contributed by atoms with Gasteiger partial charge in [-0.3, -0.25) is 0 Å². The van der Waals surface area contributed by atoms with Gasteiger partial charge in [-0.1, -0.05) is 12.1 Å². The summed E-state index contributed by atoms with van der Waals surface area (Å²) in [7, 11) is 0. The number of hydrogen-bond donors (Lipinski definition) is 2. The van der Waals surface area contributed by atoms with Crippen LogP contribution in [0.4, 0.5) is 0 Å². The van der Waals surface area contributed by atoms with Crippen molar-refractivity contribution in [3.05, 3.63) is 28.8 Å². The number of aromatic hydroxyl groups is 1. The quantitative estimate of drug-likeness (QED) is 0.668. The van der Waals surface area contributed by atoms with Crippen molar-refractivity contribution < 1.29 is 5.11 Å². The molecule has 0 aliphatic rings. The predicted octanol–water partition coefficient (Wildman–Crippen LogP) is 2.03. The standard InChI is InChI=1S/C10H15NO/c1-6-4-5-7(2)10(12)9(6)8(3)11/h4-5,8,12H,11H2,1-3H3/t8-/m0/s1. The average Bonchev–Trinajstić information content (AvgIpc) is 1.97. The summed E-state index contributed by atoms with van der Waals surface area (Å²) in [5.41, 5.74) is 8.51. The molecule has 0 saturated heterocycles. The molecule has 0 aliphatic carbocycles. The van der Waals surface area contributed by atoms with Gasteiger partial charge in [0.1, 0.15) is 5.75 Å². The molecule has 0 bridgehead atoms. The molecule has 0 spiro atoms. The molecule has 0 heterocycles. The highest BCUT2D eigenvalue weighted by Crippen LogP contribution is 2.29. The summed E-state index contributed by atoms with van der Waals surface area (Å²) in [6.45, 7) is 5.71. The van der Waals surface area contributed by atoms with E-state index in [0.29, 0.717) is 5.75 Å². The highest BCUT2D eigenvalue weighted by molar-refractivity contribution is 5.45. The van der Waals surface area contributed by atoms with Crippen LogP contribution in [0, 0.1) is 13.8 Å². The lowest BCUT2D eigenvalue weighted by molar-refractivity contribution is 0.458. The monoisotopic (exact) mass is 165 g/mol. The van der Waals surface area contributed by atoms with Gasteiger partial charge in [0.25, 0.3) is 0 Å². The lowest BCUT2D eigenvalue weighted by atomic mass is 9.99. The molecule has 66 valence electrons. The normalized spacial score (nSPS) is 13.0. The number of hydrogen-bond acceptors (Lipinski definition) is 2. The van der Waals surface area contributed by atoms with Crippen molar-refractivity contribution in [2.75, 3.05) is 0 Å². The van der Waals surface area contributed by atoms with E-state index >= 15 is 0 Å². The molecule has 1 atom stereocenters. The van der Waals surface area contributed by atoms with Crippen molar-refractivity contribution in [2.45, 2.75) is 26.8 Å². The fourth-order valence-corrected chi connectivity index (χ4v) is 1.39. The fourth-order valence-electron chi connectivity index (χ4n) is 1.39. The zero-order valence-electron chi connectivity index (χ0n) is 7.76. The second kappa shape index (κ2) is 3.15. The number of rotatable bonds is 1. The van der Waals surface area contributed by atoms with E-state index in [1.54, 1.807) is 0 Å². The average molecular weight is 165 g/mol. The molecule has 1 aromatic carbocycles. The first kappa shape index (κ1) is 9.07. The summed E-state index contributed by atoms with van der Waals surface area (Å²) < 4.78 is 0. The third kappa shape index (κ3) is 1.43. The van der Waals surface area contributed by atoms with Gasteiger partial charge in [-0.2, -0.15) is 0 Å². The number of aryl methyl sites for hydroxylation is 2. The molecule has 1 rings (SSSR count). The van der Waals surface area contributed by atoms with Gasteiger partial charge in [0.05, 0.1) is 0 Å². The van der Waals surface area contributed by atoms with Crippen molar-refractivity contribution in [1.82, 2.24) is 0 Å². The van der Waals surface area contributed by atoms with E-state index in [1.165, 1.54) is 0 Å². The zero-order valence-corrected chi connectivity index (χ0v) is 7.76. The van der Waals surface area contributed by atoms with Crippen LogP contribution in [-0.2, 0) is 0 Å². The van der Waals surface area contributed by atoms with E-state index < -0.39 is 0 Å². The minimum atomic E-state index is -0.107. The minimum Gasteiger partial charge on any atom is -0.507 e. The van der Waals surface area contributed by atoms with Crippen LogP contribution < -0.4 is 5.73 Å². The Morgan fingerprint density at radius 2 is 1.75 bits per heavy atom. The van der Waals surface area contributed by atoms with E-state index in [9.17, 15) is 5.11 Å². The largest absolute Gasteiger partial charge is 0.507 e. The third-order valence-corrected chi connectivity index (χ3v) is 2.09. The summed E-state index contributed by atoms with van der Waals surface area (Å²) in [5, 5.41) is 9.67. The predicted molar refractivity (Wildman–Crippen MR) is 50.2 cm³/mol. The molecule has 0 fully saturated rings. The second-order valence-electron chi connectivity index (χ2n) is 3.25. The summed E-state index contributed by atoms with van der Waals surface area (Å²) in [5.74, 6) is 0.338. The Kier molecular flexibility index (Phi) is 2.38. The summed E-state index contributed by atoms with van der Waals surface area (Å²) in [6, 6.07) is 3.77. The maximum absolute atomic E-state index is 9.67. The van der Waals surface area contributed by atoms with Crippen molar-refractivity contribution in [1.29, 1.82) is 0 Å². The highest BCUT2D eigenvalue weighted by atomic mass is 16.3. The Bertz CT molecular complexity index is 292. The maximum Gasteiger partial charge on any atom is 0.123 e. The molecule has 3 N–H and O–H groups in total. The fraction of sp³-hybridized carbons (Fsp3) is 0.400. The Labute approximate surface area is 73.0 Å². The van der Waals surface area contributed by atoms with Crippen LogP contribution >= 0.6 is 0 Å². The van der Waals surface area contributed by atoms with Crippen molar-refractivity contribution >= 4 is 0 Å². The zero-order chi connectivity index (χ0) is 9.30. The van der Waals surface area contributed by atoms with Crippen LogP contribution in [0.25, 0.3) is 0 Å². The summed E-state index contributed by atoms with van der Waals surface area (Å²) >= 11 is 0. The van der Waals surface area contributed by atoms with Gasteiger partial charge in [0, 0.05) is 11.6 Å². The van der Waals surface area contributed by atoms with Crippen molar-refractivity contribution in [2.24, 2.45) is 5.73 Å². The molecule has 1 aromatic rings. The maximum atomic E-state index is 9.67. The molecule has 0 aliphatic heterocycles. The molecular formula is C10H15NO. The molecule has 0 radical (unpaired) electrons. The van der Waals surface area contributed by atoms with E-state index in [-0.39, 0.29) is 6.04 Å². The van der Waals surface area contributed by atoms with E-state index in [0.717, 1.165) is 16.7 Å². The number of phenolic OH excluding ortho intramolecular Hbond substituents is 1. The first-order chi connectivity index (χ1) is 5.54. The van der Waals surface area contributed by atoms with Gasteiger partial charge in [-0.15, -0.1) is 0 Å². The Morgan fingerprint density at radius 3 is 2.17 bits per heavy atom. The molecule has 2 nitrogen and oxygen atoms in total. The number of nitrogens with two attached hydrogens (primary N) is 1. The van der Waals surface area contributed by atoms with Crippen LogP contribution in [0.3, 0.4) is 0 Å². The third-order valence-electron chi connectivity index (χ3n) is 2.09. The molecule has 0 aromatic heterocycles. The smallest absolute Gasteiger partial charge is 0.123 e. The van der Waals surface area contributed by atoms with Crippen LogP contribution in [0.2, 0.25) is 0 Å². The van der Waals surface area contributed by atoms with Gasteiger partial charge < -0.3 is 10.8 Å². The topological polar surface area (TPSA) is 46.2 Å². The lowest BCUT2D eigenvalue weighted by Gasteiger charge is -2.13.